The lowest BCUT2D eigenvalue weighted by atomic mass is 9.76. The number of nitrogens with one attached hydrogen (secondary N) is 2. The number of benzene rings is 3. The van der Waals surface area contributed by atoms with Crippen molar-refractivity contribution in [1.82, 2.24) is 10.2 Å². The summed E-state index contributed by atoms with van der Waals surface area (Å²) < 4.78 is 14.3. The molecule has 3 aromatic rings. The zero-order valence-corrected chi connectivity index (χ0v) is 18.6. The molecule has 35 heavy (non-hydrogen) atoms. The zero-order chi connectivity index (χ0) is 24.3. The van der Waals surface area contributed by atoms with Crippen molar-refractivity contribution >= 4 is 23.4 Å². The quantitative estimate of drug-likeness (QED) is 0.509. The van der Waals surface area contributed by atoms with E-state index in [1.807, 2.05) is 30.3 Å². The first kappa shape index (κ1) is 21.5. The molecule has 2 unspecified atom stereocenters. The van der Waals surface area contributed by atoms with Gasteiger partial charge in [-0.3, -0.25) is 24.6 Å². The van der Waals surface area contributed by atoms with E-state index in [2.05, 4.69) is 10.6 Å². The first-order valence-corrected chi connectivity index (χ1v) is 11.4. The number of phenols is 1. The van der Waals surface area contributed by atoms with Crippen LogP contribution in [0.1, 0.15) is 16.7 Å². The fraction of sp³-hybridized carbons (Fsp3) is 0.222. The number of imide groups is 1. The van der Waals surface area contributed by atoms with Gasteiger partial charge in [0.05, 0.1) is 18.4 Å². The lowest BCUT2D eigenvalue weighted by Crippen LogP contribution is -2.53. The maximum absolute atomic E-state index is 14.3. The summed E-state index contributed by atoms with van der Waals surface area (Å²) in [4.78, 5) is 42.2. The van der Waals surface area contributed by atoms with Crippen molar-refractivity contribution in [2.75, 3.05) is 5.32 Å². The maximum Gasteiger partial charge on any atom is 0.250 e. The Balaban J connectivity index is 1.45. The predicted molar refractivity (Wildman–Crippen MR) is 124 cm³/mol. The van der Waals surface area contributed by atoms with Gasteiger partial charge in [-0.05, 0) is 47.9 Å². The molecule has 176 valence electrons. The highest BCUT2D eigenvalue weighted by Gasteiger charge is 2.70. The number of fused-ring (bicyclic) bond motifs is 4. The molecule has 2 fully saturated rings. The lowest BCUT2D eigenvalue weighted by molar-refractivity contribution is -0.143. The molecular formula is C27H22FN3O4. The summed E-state index contributed by atoms with van der Waals surface area (Å²) in [6.45, 7) is 0.102. The molecule has 1 spiro atoms. The standard InChI is InChI=1S/C27H22FN3O4/c28-17-8-11-20-19(13-17)27(26(35)29-20)23-22(21(30-27)12-15-6-9-18(32)10-7-15)24(33)31(25(23)34)14-16-4-2-1-3-5-16/h1-11,13,21-23,30,32H,12,14H2,(H,29,35)/t21?,22-,23+,27?/m1/s1. The van der Waals surface area contributed by atoms with E-state index in [9.17, 15) is 23.9 Å². The SMILES string of the molecule is O=C1[C@@H]2C(Cc3ccc(O)cc3)NC3(C(=O)Nc4ccc(F)cc43)[C@@H]2C(=O)N1Cc1ccccc1. The number of carbonyl (C=O) groups is 3. The van der Waals surface area contributed by atoms with Gasteiger partial charge in [-0.25, -0.2) is 4.39 Å². The van der Waals surface area contributed by atoms with Crippen molar-refractivity contribution in [3.8, 4) is 5.75 Å². The molecule has 4 atom stereocenters. The monoisotopic (exact) mass is 471 g/mol. The fourth-order valence-electron chi connectivity index (χ4n) is 5.82. The number of carbonyl (C=O) groups excluding carboxylic acids is 3. The summed E-state index contributed by atoms with van der Waals surface area (Å²) in [6, 6.07) is 19.2. The summed E-state index contributed by atoms with van der Waals surface area (Å²) in [6.07, 6.45) is 0.347. The number of likely N-dealkylation sites (tertiary alicyclic amines) is 1. The van der Waals surface area contributed by atoms with Crippen molar-refractivity contribution in [2.24, 2.45) is 11.8 Å². The van der Waals surface area contributed by atoms with Crippen LogP contribution in [0, 0.1) is 17.7 Å². The number of anilines is 1. The van der Waals surface area contributed by atoms with E-state index in [1.165, 1.54) is 23.1 Å². The maximum atomic E-state index is 14.3. The molecule has 3 aliphatic heterocycles. The second kappa shape index (κ2) is 7.74. The average molecular weight is 471 g/mol. The van der Waals surface area contributed by atoms with Crippen LogP contribution in [0.25, 0.3) is 0 Å². The molecule has 7 nitrogen and oxygen atoms in total. The highest BCUT2D eigenvalue weighted by Crippen LogP contribution is 2.53. The predicted octanol–water partition coefficient (Wildman–Crippen LogP) is 2.69. The van der Waals surface area contributed by atoms with Crippen molar-refractivity contribution in [1.29, 1.82) is 0 Å². The van der Waals surface area contributed by atoms with Gasteiger partial charge in [0.15, 0.2) is 0 Å². The van der Waals surface area contributed by atoms with Gasteiger partial charge in [0.2, 0.25) is 17.7 Å². The topological polar surface area (TPSA) is 98.7 Å². The zero-order valence-electron chi connectivity index (χ0n) is 18.6. The molecule has 3 N–H and O–H groups in total. The number of phenolic OH excluding ortho intramolecular Hbond substituents is 1. The van der Waals surface area contributed by atoms with Gasteiger partial charge in [-0.2, -0.15) is 0 Å². The van der Waals surface area contributed by atoms with Crippen LogP contribution in [0.5, 0.6) is 5.75 Å². The number of nitrogens with zero attached hydrogens (tertiary/aromatic N) is 1. The third kappa shape index (κ3) is 3.17. The molecule has 0 radical (unpaired) electrons. The molecule has 6 rings (SSSR count). The minimum atomic E-state index is -1.55. The molecule has 3 amide bonds. The van der Waals surface area contributed by atoms with Crippen LogP contribution < -0.4 is 10.6 Å². The van der Waals surface area contributed by atoms with E-state index >= 15 is 0 Å². The first-order chi connectivity index (χ1) is 16.9. The van der Waals surface area contributed by atoms with Crippen molar-refractivity contribution in [2.45, 2.75) is 24.5 Å². The Bertz CT molecular complexity index is 1360. The molecule has 0 aromatic heterocycles. The third-order valence-corrected chi connectivity index (χ3v) is 7.34. The molecule has 0 aliphatic carbocycles. The van der Waals surface area contributed by atoms with Crippen LogP contribution in [-0.4, -0.2) is 33.8 Å². The molecule has 2 saturated heterocycles. The average Bonchev–Trinajstić information content (AvgIpc) is 3.42. The smallest absolute Gasteiger partial charge is 0.250 e. The van der Waals surface area contributed by atoms with Crippen LogP contribution in [0.2, 0.25) is 0 Å². The number of rotatable bonds is 4. The van der Waals surface area contributed by atoms with Crippen LogP contribution in [0.15, 0.2) is 72.8 Å². The third-order valence-electron chi connectivity index (χ3n) is 7.34. The highest BCUT2D eigenvalue weighted by atomic mass is 19.1. The van der Waals surface area contributed by atoms with Crippen molar-refractivity contribution in [3.63, 3.8) is 0 Å². The van der Waals surface area contributed by atoms with E-state index in [4.69, 9.17) is 0 Å². The summed E-state index contributed by atoms with van der Waals surface area (Å²) in [5.41, 5.74) is 0.842. The summed E-state index contributed by atoms with van der Waals surface area (Å²) in [5, 5.41) is 15.7. The van der Waals surface area contributed by atoms with Gasteiger partial charge in [0.25, 0.3) is 0 Å². The molecule has 3 aromatic carbocycles. The first-order valence-electron chi connectivity index (χ1n) is 11.4. The van der Waals surface area contributed by atoms with Crippen LogP contribution in [0.4, 0.5) is 10.1 Å². The van der Waals surface area contributed by atoms with Crippen LogP contribution >= 0.6 is 0 Å². The van der Waals surface area contributed by atoms with E-state index < -0.39 is 41.0 Å². The van der Waals surface area contributed by atoms with Gasteiger partial charge in [-0.1, -0.05) is 42.5 Å². The number of halogens is 1. The number of aromatic hydroxyl groups is 1. The Hall–Kier alpha value is -4.04. The molecule has 3 aliphatic rings. The number of hydrogen-bond acceptors (Lipinski definition) is 5. The summed E-state index contributed by atoms with van der Waals surface area (Å²) in [7, 11) is 0. The molecule has 3 heterocycles. The van der Waals surface area contributed by atoms with E-state index in [0.717, 1.165) is 11.1 Å². The highest BCUT2D eigenvalue weighted by molar-refractivity contribution is 6.15. The Morgan fingerprint density at radius 1 is 0.914 bits per heavy atom. The van der Waals surface area contributed by atoms with E-state index in [0.29, 0.717) is 17.7 Å². The van der Waals surface area contributed by atoms with Crippen molar-refractivity contribution in [3.05, 3.63) is 95.3 Å². The van der Waals surface area contributed by atoms with Gasteiger partial charge in [-0.15, -0.1) is 0 Å². The minimum Gasteiger partial charge on any atom is -0.508 e. The summed E-state index contributed by atoms with van der Waals surface area (Å²) in [5.74, 6) is -3.50. The second-order valence-electron chi connectivity index (χ2n) is 9.33. The van der Waals surface area contributed by atoms with E-state index in [1.54, 1.807) is 24.3 Å². The fourth-order valence-corrected chi connectivity index (χ4v) is 5.82. The Morgan fingerprint density at radius 2 is 1.66 bits per heavy atom. The van der Waals surface area contributed by atoms with Gasteiger partial charge in [0.1, 0.15) is 17.1 Å². The number of hydrogen-bond donors (Lipinski definition) is 3. The second-order valence-corrected chi connectivity index (χ2v) is 9.33. The Kier molecular flexibility index (Phi) is 4.76. The van der Waals surface area contributed by atoms with Crippen LogP contribution in [-0.2, 0) is 32.9 Å². The van der Waals surface area contributed by atoms with Gasteiger partial charge >= 0.3 is 0 Å². The molecule has 0 saturated carbocycles. The Morgan fingerprint density at radius 3 is 2.40 bits per heavy atom. The number of amides is 3. The van der Waals surface area contributed by atoms with Crippen molar-refractivity contribution < 1.29 is 23.9 Å². The molecular weight excluding hydrogens is 449 g/mol. The lowest BCUT2D eigenvalue weighted by Gasteiger charge is -2.29. The Labute approximate surface area is 200 Å². The summed E-state index contributed by atoms with van der Waals surface area (Å²) >= 11 is 0. The largest absolute Gasteiger partial charge is 0.508 e. The molecule has 0 bridgehead atoms. The van der Waals surface area contributed by atoms with Crippen LogP contribution in [0.3, 0.4) is 0 Å². The van der Waals surface area contributed by atoms with Gasteiger partial charge in [0, 0.05) is 17.3 Å². The van der Waals surface area contributed by atoms with Gasteiger partial charge < -0.3 is 10.4 Å². The normalized spacial score (nSPS) is 26.8. The van der Waals surface area contributed by atoms with E-state index in [-0.39, 0.29) is 18.2 Å². The minimum absolute atomic E-state index is 0.102. The molecule has 8 heteroatoms.